The number of rotatable bonds is 5. The molecule has 6 heteroatoms. The van der Waals surface area contributed by atoms with Crippen molar-refractivity contribution in [3.63, 3.8) is 0 Å². The zero-order valence-corrected chi connectivity index (χ0v) is 9.56. The number of carboxylic acid groups (broad SMARTS) is 1. The van der Waals surface area contributed by atoms with Gasteiger partial charge in [0.05, 0.1) is 5.92 Å². The average Bonchev–Trinajstić information content (AvgIpc) is 2.24. The van der Waals surface area contributed by atoms with Crippen LogP contribution in [0.25, 0.3) is 0 Å². The van der Waals surface area contributed by atoms with E-state index < -0.39 is 11.9 Å². The van der Waals surface area contributed by atoms with E-state index in [2.05, 4.69) is 5.32 Å². The lowest BCUT2D eigenvalue weighted by Crippen LogP contribution is -2.36. The van der Waals surface area contributed by atoms with Crippen molar-refractivity contribution in [2.24, 2.45) is 5.92 Å². The summed E-state index contributed by atoms with van der Waals surface area (Å²) in [6, 6.07) is 0. The van der Waals surface area contributed by atoms with Crippen LogP contribution in [0.1, 0.15) is 6.92 Å². The van der Waals surface area contributed by atoms with E-state index in [-0.39, 0.29) is 18.4 Å². The van der Waals surface area contributed by atoms with E-state index in [1.54, 1.807) is 6.92 Å². The van der Waals surface area contributed by atoms with Crippen LogP contribution in [-0.2, 0) is 14.4 Å². The molecule has 90 valence electrons. The molecule has 0 heterocycles. The van der Waals surface area contributed by atoms with E-state index in [0.717, 1.165) is 12.2 Å². The van der Waals surface area contributed by atoms with Crippen molar-refractivity contribution in [3.8, 4) is 0 Å². The van der Waals surface area contributed by atoms with Crippen molar-refractivity contribution in [1.29, 1.82) is 0 Å². The molecule has 2 amide bonds. The van der Waals surface area contributed by atoms with Gasteiger partial charge in [0, 0.05) is 32.8 Å². The lowest BCUT2D eigenvalue weighted by atomic mass is 10.1. The second-order valence-corrected chi connectivity index (χ2v) is 3.41. The van der Waals surface area contributed by atoms with Crippen LogP contribution in [0.3, 0.4) is 0 Å². The van der Waals surface area contributed by atoms with E-state index in [0.29, 0.717) is 0 Å². The molecule has 0 saturated heterocycles. The Kier molecular flexibility index (Phi) is 5.84. The van der Waals surface area contributed by atoms with Crippen molar-refractivity contribution in [1.82, 2.24) is 10.2 Å². The SMILES string of the molecule is CNC(=O)C(C)CN(C)C(=O)/C=C/C(=O)O. The summed E-state index contributed by atoms with van der Waals surface area (Å²) in [5.41, 5.74) is 0. The predicted molar refractivity (Wildman–Crippen MR) is 57.6 cm³/mol. The Balaban J connectivity index is 4.25. The first-order chi connectivity index (χ1) is 7.38. The molecule has 0 radical (unpaired) electrons. The van der Waals surface area contributed by atoms with Gasteiger partial charge in [0.2, 0.25) is 11.8 Å². The Morgan fingerprint density at radius 1 is 1.38 bits per heavy atom. The summed E-state index contributed by atoms with van der Waals surface area (Å²) < 4.78 is 0. The first-order valence-corrected chi connectivity index (χ1v) is 4.76. The van der Waals surface area contributed by atoms with Crippen LogP contribution in [0.5, 0.6) is 0 Å². The van der Waals surface area contributed by atoms with Gasteiger partial charge in [-0.25, -0.2) is 4.79 Å². The zero-order chi connectivity index (χ0) is 12.7. The van der Waals surface area contributed by atoms with Gasteiger partial charge in [-0.2, -0.15) is 0 Å². The first kappa shape index (κ1) is 14.2. The highest BCUT2D eigenvalue weighted by atomic mass is 16.4. The molecular weight excluding hydrogens is 212 g/mol. The van der Waals surface area contributed by atoms with Crippen LogP contribution in [0.15, 0.2) is 12.2 Å². The standard InChI is InChI=1S/C10H16N2O4/c1-7(10(16)11-2)6-12(3)8(13)4-5-9(14)15/h4-5,7H,6H2,1-3H3,(H,11,16)(H,14,15)/b5-4+. The largest absolute Gasteiger partial charge is 0.478 e. The molecule has 0 rings (SSSR count). The number of nitrogens with one attached hydrogen (secondary N) is 1. The lowest BCUT2D eigenvalue weighted by molar-refractivity contribution is -0.132. The monoisotopic (exact) mass is 228 g/mol. The van der Waals surface area contributed by atoms with E-state index >= 15 is 0 Å². The van der Waals surface area contributed by atoms with Crippen molar-refractivity contribution >= 4 is 17.8 Å². The Morgan fingerprint density at radius 3 is 2.38 bits per heavy atom. The number of carboxylic acids is 1. The van der Waals surface area contributed by atoms with Crippen LogP contribution >= 0.6 is 0 Å². The fourth-order valence-corrected chi connectivity index (χ4v) is 1.10. The number of carbonyl (C=O) groups excluding carboxylic acids is 2. The number of nitrogens with zero attached hydrogens (tertiary/aromatic N) is 1. The minimum absolute atomic E-state index is 0.165. The molecule has 0 aromatic carbocycles. The smallest absolute Gasteiger partial charge is 0.328 e. The van der Waals surface area contributed by atoms with Crippen LogP contribution in [0, 0.1) is 5.92 Å². The Labute approximate surface area is 93.9 Å². The van der Waals surface area contributed by atoms with Crippen LogP contribution in [0.2, 0.25) is 0 Å². The van der Waals surface area contributed by atoms with Gasteiger partial charge in [-0.1, -0.05) is 6.92 Å². The predicted octanol–water partition coefficient (Wildman–Crippen LogP) is -0.532. The highest BCUT2D eigenvalue weighted by molar-refractivity contribution is 5.94. The molecule has 0 aromatic rings. The van der Waals surface area contributed by atoms with Crippen molar-refractivity contribution in [2.75, 3.05) is 20.6 Å². The van der Waals surface area contributed by atoms with Gasteiger partial charge in [-0.15, -0.1) is 0 Å². The molecule has 0 fully saturated rings. The quantitative estimate of drug-likeness (QED) is 0.619. The molecule has 1 atom stereocenters. The molecule has 0 aliphatic heterocycles. The highest BCUT2D eigenvalue weighted by Gasteiger charge is 2.15. The molecule has 16 heavy (non-hydrogen) atoms. The Bertz CT molecular complexity index is 312. The van der Waals surface area contributed by atoms with Crippen LogP contribution < -0.4 is 5.32 Å². The fourth-order valence-electron chi connectivity index (χ4n) is 1.10. The third kappa shape index (κ3) is 5.14. The molecule has 0 saturated carbocycles. The van der Waals surface area contributed by atoms with Crippen LogP contribution in [-0.4, -0.2) is 48.4 Å². The minimum atomic E-state index is -1.18. The molecule has 0 aromatic heterocycles. The van der Waals surface area contributed by atoms with E-state index in [9.17, 15) is 14.4 Å². The van der Waals surface area contributed by atoms with Gasteiger partial charge in [0.15, 0.2) is 0 Å². The Hall–Kier alpha value is -1.85. The summed E-state index contributed by atoms with van der Waals surface area (Å²) in [4.78, 5) is 34.0. The summed E-state index contributed by atoms with van der Waals surface area (Å²) in [6.07, 6.45) is 1.72. The normalized spacial score (nSPS) is 12.2. The summed E-state index contributed by atoms with van der Waals surface area (Å²) in [5.74, 6) is -2.13. The van der Waals surface area contributed by atoms with E-state index in [1.807, 2.05) is 0 Å². The van der Waals surface area contributed by atoms with Crippen molar-refractivity contribution < 1.29 is 19.5 Å². The second-order valence-electron chi connectivity index (χ2n) is 3.41. The minimum Gasteiger partial charge on any atom is -0.478 e. The number of likely N-dealkylation sites (N-methyl/N-ethyl adjacent to an activating group) is 1. The van der Waals surface area contributed by atoms with Crippen molar-refractivity contribution in [3.05, 3.63) is 12.2 Å². The number of aliphatic carboxylic acids is 1. The van der Waals surface area contributed by atoms with Crippen molar-refractivity contribution in [2.45, 2.75) is 6.92 Å². The van der Waals surface area contributed by atoms with Gasteiger partial charge < -0.3 is 15.3 Å². The summed E-state index contributed by atoms with van der Waals surface area (Å²) in [6.45, 7) is 1.92. The zero-order valence-electron chi connectivity index (χ0n) is 9.56. The summed E-state index contributed by atoms with van der Waals surface area (Å²) in [5, 5.41) is 10.8. The fraction of sp³-hybridized carbons (Fsp3) is 0.500. The maximum Gasteiger partial charge on any atom is 0.328 e. The maximum absolute atomic E-state index is 11.3. The average molecular weight is 228 g/mol. The summed E-state index contributed by atoms with van der Waals surface area (Å²) in [7, 11) is 3.03. The number of carbonyl (C=O) groups is 3. The molecule has 0 spiro atoms. The van der Waals surface area contributed by atoms with E-state index in [1.165, 1.54) is 19.0 Å². The molecule has 1 unspecified atom stereocenters. The topological polar surface area (TPSA) is 86.7 Å². The molecule has 0 aliphatic rings. The molecular formula is C10H16N2O4. The van der Waals surface area contributed by atoms with Gasteiger partial charge in [0.25, 0.3) is 0 Å². The second kappa shape index (κ2) is 6.60. The number of hydrogen-bond acceptors (Lipinski definition) is 3. The number of hydrogen-bond donors (Lipinski definition) is 2. The maximum atomic E-state index is 11.3. The van der Waals surface area contributed by atoms with Crippen LogP contribution in [0.4, 0.5) is 0 Å². The third-order valence-corrected chi connectivity index (χ3v) is 1.99. The van der Waals surface area contributed by atoms with Gasteiger partial charge in [0.1, 0.15) is 0 Å². The Morgan fingerprint density at radius 2 is 1.94 bits per heavy atom. The van der Waals surface area contributed by atoms with Gasteiger partial charge in [-0.05, 0) is 0 Å². The molecule has 2 N–H and O–H groups in total. The third-order valence-electron chi connectivity index (χ3n) is 1.99. The highest BCUT2D eigenvalue weighted by Crippen LogP contribution is 1.99. The first-order valence-electron chi connectivity index (χ1n) is 4.76. The van der Waals surface area contributed by atoms with Gasteiger partial charge in [-0.3, -0.25) is 9.59 Å². The lowest BCUT2D eigenvalue weighted by Gasteiger charge is -2.19. The molecule has 0 bridgehead atoms. The van der Waals surface area contributed by atoms with E-state index in [4.69, 9.17) is 5.11 Å². The van der Waals surface area contributed by atoms with Gasteiger partial charge >= 0.3 is 5.97 Å². The molecule has 0 aliphatic carbocycles. The number of amides is 2. The summed E-state index contributed by atoms with van der Waals surface area (Å²) >= 11 is 0. The molecule has 6 nitrogen and oxygen atoms in total.